The Morgan fingerprint density at radius 3 is 2.60 bits per heavy atom. The minimum atomic E-state index is -0.344. The summed E-state index contributed by atoms with van der Waals surface area (Å²) in [6.07, 6.45) is 0.430. The highest BCUT2D eigenvalue weighted by Crippen LogP contribution is 2.19. The van der Waals surface area contributed by atoms with Crippen LogP contribution in [-0.4, -0.2) is 18.2 Å². The van der Waals surface area contributed by atoms with Gasteiger partial charge >= 0.3 is 0 Å². The molecule has 0 heterocycles. The van der Waals surface area contributed by atoms with Gasteiger partial charge in [0.1, 0.15) is 0 Å². The molecule has 0 aliphatic rings. The molecule has 0 aliphatic carbocycles. The van der Waals surface area contributed by atoms with Gasteiger partial charge in [0.25, 0.3) is 0 Å². The highest BCUT2D eigenvalue weighted by molar-refractivity contribution is 5.31. The molecule has 2 heteroatoms. The summed E-state index contributed by atoms with van der Waals surface area (Å²) in [5.74, 6) is 0. The Morgan fingerprint density at radius 2 is 2.00 bits per heavy atom. The summed E-state index contributed by atoms with van der Waals surface area (Å²) in [6, 6.07) is 6.16. The maximum absolute atomic E-state index is 9.92. The molecule has 0 saturated carbocycles. The zero-order valence-corrected chi connectivity index (χ0v) is 9.88. The molecule has 15 heavy (non-hydrogen) atoms. The molecule has 0 fully saturated rings. The molecular weight excluding hydrogens is 186 g/mol. The van der Waals surface area contributed by atoms with Crippen LogP contribution < -0.4 is 5.32 Å². The predicted octanol–water partition coefficient (Wildman–Crippen LogP) is 2.34. The molecule has 0 aliphatic heterocycles. The fraction of sp³-hybridized carbons (Fsp3) is 0.538. The van der Waals surface area contributed by atoms with Crippen molar-refractivity contribution < 1.29 is 5.11 Å². The van der Waals surface area contributed by atoms with Crippen molar-refractivity contribution in [1.29, 1.82) is 0 Å². The summed E-state index contributed by atoms with van der Waals surface area (Å²) in [6.45, 7) is 8.06. The largest absolute Gasteiger partial charge is 0.388 e. The molecule has 0 spiro atoms. The van der Waals surface area contributed by atoms with Crippen molar-refractivity contribution in [3.05, 3.63) is 34.9 Å². The molecule has 0 saturated heterocycles. The Hall–Kier alpha value is -0.860. The fourth-order valence-corrected chi connectivity index (χ4v) is 1.55. The van der Waals surface area contributed by atoms with Crippen LogP contribution in [0.5, 0.6) is 0 Å². The Kier molecular flexibility index (Phi) is 4.79. The Labute approximate surface area is 92.3 Å². The summed E-state index contributed by atoms with van der Waals surface area (Å²) < 4.78 is 0. The van der Waals surface area contributed by atoms with E-state index < -0.39 is 0 Å². The van der Waals surface area contributed by atoms with Crippen molar-refractivity contribution in [2.45, 2.75) is 33.3 Å². The molecule has 0 radical (unpaired) electrons. The van der Waals surface area contributed by atoms with Crippen LogP contribution in [0.3, 0.4) is 0 Å². The molecule has 1 aromatic carbocycles. The number of aliphatic hydroxyl groups excluding tert-OH is 1. The minimum Gasteiger partial charge on any atom is -0.388 e. The summed E-state index contributed by atoms with van der Waals surface area (Å²) in [5, 5.41) is 13.1. The number of nitrogens with one attached hydrogen (secondary N) is 1. The number of aryl methyl sites for hydroxylation is 2. The number of benzene rings is 1. The van der Waals surface area contributed by atoms with Crippen molar-refractivity contribution >= 4 is 0 Å². The van der Waals surface area contributed by atoms with Crippen LogP contribution in [-0.2, 0) is 0 Å². The first-order chi connectivity index (χ1) is 7.15. The first-order valence-electron chi connectivity index (χ1n) is 5.61. The molecule has 84 valence electrons. The lowest BCUT2D eigenvalue weighted by atomic mass is 10.0. The molecule has 0 aromatic heterocycles. The average Bonchev–Trinajstić information content (AvgIpc) is 2.22. The van der Waals surface area contributed by atoms with E-state index in [0.717, 1.165) is 25.1 Å². The van der Waals surface area contributed by atoms with Gasteiger partial charge in [0.2, 0.25) is 0 Å². The van der Waals surface area contributed by atoms with Crippen LogP contribution in [0.15, 0.2) is 18.2 Å². The van der Waals surface area contributed by atoms with E-state index in [1.54, 1.807) is 0 Å². The van der Waals surface area contributed by atoms with E-state index in [9.17, 15) is 5.11 Å². The SMILES string of the molecule is CCNCCC(O)c1ccc(C)c(C)c1. The third-order valence-electron chi connectivity index (χ3n) is 2.76. The van der Waals surface area contributed by atoms with Gasteiger partial charge in [-0.05, 0) is 50.0 Å². The minimum absolute atomic E-state index is 0.344. The number of hydrogen-bond acceptors (Lipinski definition) is 2. The van der Waals surface area contributed by atoms with Crippen molar-refractivity contribution in [3.8, 4) is 0 Å². The van der Waals surface area contributed by atoms with E-state index in [2.05, 4.69) is 38.2 Å². The monoisotopic (exact) mass is 207 g/mol. The molecule has 1 rings (SSSR count). The second kappa shape index (κ2) is 5.89. The predicted molar refractivity (Wildman–Crippen MR) is 64.0 cm³/mol. The summed E-state index contributed by atoms with van der Waals surface area (Å²) in [5.41, 5.74) is 3.55. The van der Waals surface area contributed by atoms with Gasteiger partial charge in [0.05, 0.1) is 6.10 Å². The van der Waals surface area contributed by atoms with Crippen LogP contribution in [0.2, 0.25) is 0 Å². The zero-order chi connectivity index (χ0) is 11.3. The maximum atomic E-state index is 9.92. The molecule has 1 atom stereocenters. The van der Waals surface area contributed by atoms with E-state index in [1.165, 1.54) is 11.1 Å². The van der Waals surface area contributed by atoms with Gasteiger partial charge < -0.3 is 10.4 Å². The highest BCUT2D eigenvalue weighted by atomic mass is 16.3. The van der Waals surface area contributed by atoms with Gasteiger partial charge in [-0.15, -0.1) is 0 Å². The lowest BCUT2D eigenvalue weighted by Crippen LogP contribution is -2.16. The van der Waals surface area contributed by atoms with Crippen molar-refractivity contribution in [2.24, 2.45) is 0 Å². The number of hydrogen-bond donors (Lipinski definition) is 2. The topological polar surface area (TPSA) is 32.3 Å². The van der Waals surface area contributed by atoms with Gasteiger partial charge in [-0.1, -0.05) is 25.1 Å². The summed E-state index contributed by atoms with van der Waals surface area (Å²) in [7, 11) is 0. The normalized spacial score (nSPS) is 12.8. The van der Waals surface area contributed by atoms with Crippen molar-refractivity contribution in [1.82, 2.24) is 5.32 Å². The van der Waals surface area contributed by atoms with E-state index in [-0.39, 0.29) is 6.10 Å². The molecule has 0 bridgehead atoms. The van der Waals surface area contributed by atoms with Gasteiger partial charge in [0, 0.05) is 0 Å². The van der Waals surface area contributed by atoms with Gasteiger partial charge in [-0.3, -0.25) is 0 Å². The van der Waals surface area contributed by atoms with E-state index in [1.807, 2.05) is 6.07 Å². The van der Waals surface area contributed by atoms with Gasteiger partial charge in [-0.25, -0.2) is 0 Å². The van der Waals surface area contributed by atoms with E-state index >= 15 is 0 Å². The van der Waals surface area contributed by atoms with Crippen LogP contribution in [0.25, 0.3) is 0 Å². The quantitative estimate of drug-likeness (QED) is 0.726. The smallest absolute Gasteiger partial charge is 0.0802 e. The van der Waals surface area contributed by atoms with Crippen LogP contribution >= 0.6 is 0 Å². The lowest BCUT2D eigenvalue weighted by Gasteiger charge is -2.12. The van der Waals surface area contributed by atoms with Gasteiger partial charge in [-0.2, -0.15) is 0 Å². The van der Waals surface area contributed by atoms with Crippen molar-refractivity contribution in [2.75, 3.05) is 13.1 Å². The zero-order valence-electron chi connectivity index (χ0n) is 9.88. The first kappa shape index (κ1) is 12.2. The van der Waals surface area contributed by atoms with Crippen molar-refractivity contribution in [3.63, 3.8) is 0 Å². The van der Waals surface area contributed by atoms with Crippen LogP contribution in [0.4, 0.5) is 0 Å². The molecule has 2 N–H and O–H groups in total. The maximum Gasteiger partial charge on any atom is 0.0802 e. The molecule has 2 nitrogen and oxygen atoms in total. The lowest BCUT2D eigenvalue weighted by molar-refractivity contribution is 0.167. The van der Waals surface area contributed by atoms with E-state index in [4.69, 9.17) is 0 Å². The second-order valence-corrected chi connectivity index (χ2v) is 4.00. The number of aliphatic hydroxyl groups is 1. The molecule has 1 aromatic rings. The third kappa shape index (κ3) is 3.65. The second-order valence-electron chi connectivity index (χ2n) is 4.00. The van der Waals surface area contributed by atoms with E-state index in [0.29, 0.717) is 0 Å². The van der Waals surface area contributed by atoms with Gasteiger partial charge in [0.15, 0.2) is 0 Å². The highest BCUT2D eigenvalue weighted by Gasteiger charge is 2.07. The van der Waals surface area contributed by atoms with Crippen LogP contribution in [0.1, 0.15) is 36.1 Å². The number of rotatable bonds is 5. The Bertz CT molecular complexity index is 309. The molecule has 1 unspecified atom stereocenters. The fourth-order valence-electron chi connectivity index (χ4n) is 1.55. The Morgan fingerprint density at radius 1 is 1.27 bits per heavy atom. The average molecular weight is 207 g/mol. The molecule has 0 amide bonds. The van der Waals surface area contributed by atoms with Crippen LogP contribution in [0, 0.1) is 13.8 Å². The Balaban J connectivity index is 2.57. The third-order valence-corrected chi connectivity index (χ3v) is 2.76. The summed E-state index contributed by atoms with van der Waals surface area (Å²) >= 11 is 0. The first-order valence-corrected chi connectivity index (χ1v) is 5.61. The standard InChI is InChI=1S/C13H21NO/c1-4-14-8-7-13(15)12-6-5-10(2)11(3)9-12/h5-6,9,13-15H,4,7-8H2,1-3H3. The molecular formula is C13H21NO. The summed E-state index contributed by atoms with van der Waals surface area (Å²) in [4.78, 5) is 0.